The average molecular weight is 540 g/mol. The third kappa shape index (κ3) is 4.27. The number of aliphatic carboxylic acids is 1. The van der Waals surface area contributed by atoms with Crippen LogP contribution in [0.5, 0.6) is 5.75 Å². The summed E-state index contributed by atoms with van der Waals surface area (Å²) in [5.74, 6) is 1.20. The molecule has 2 atom stereocenters. The quantitative estimate of drug-likeness (QED) is 0.457. The highest BCUT2D eigenvalue weighted by Crippen LogP contribution is 2.58. The Bertz CT molecular complexity index is 1500. The Morgan fingerprint density at radius 1 is 1.15 bits per heavy atom. The van der Waals surface area contributed by atoms with E-state index >= 15 is 0 Å². The van der Waals surface area contributed by atoms with E-state index in [0.717, 1.165) is 74.1 Å². The Morgan fingerprint density at radius 2 is 2.00 bits per heavy atom. The fourth-order valence-corrected chi connectivity index (χ4v) is 6.97. The van der Waals surface area contributed by atoms with Gasteiger partial charge in [0, 0.05) is 31.7 Å². The van der Waals surface area contributed by atoms with E-state index in [0.29, 0.717) is 19.2 Å². The predicted octanol–water partition coefficient (Wildman–Crippen LogP) is 4.92. The average Bonchev–Trinajstić information content (AvgIpc) is 3.50. The standard InChI is InChI=1S/C33H37N3O4/c1-20-7-8-30(27(11-20)29-5-4-6-31(34-29)36-14-24-13-33(24,19-36)32(37)38)40-16-23-12-21(2)28-15-35(25-17-39-18-25)10-9-26(28)22(23)3/h4-8,11-12,24-25H,9-10,13-19H2,1-3H3,(H,37,38)/t24-,33-/m0/s1. The smallest absolute Gasteiger partial charge is 0.311 e. The van der Waals surface area contributed by atoms with Gasteiger partial charge in [0.25, 0.3) is 0 Å². The van der Waals surface area contributed by atoms with Gasteiger partial charge >= 0.3 is 5.97 Å². The van der Waals surface area contributed by atoms with Gasteiger partial charge in [0.1, 0.15) is 18.2 Å². The molecule has 1 aromatic heterocycles. The number of fused-ring (bicyclic) bond motifs is 2. The largest absolute Gasteiger partial charge is 0.488 e. The van der Waals surface area contributed by atoms with Crippen LogP contribution in [0.2, 0.25) is 0 Å². The molecule has 0 unspecified atom stereocenters. The van der Waals surface area contributed by atoms with Crippen molar-refractivity contribution in [1.82, 2.24) is 9.88 Å². The number of aromatic nitrogens is 1. The van der Waals surface area contributed by atoms with Crippen molar-refractivity contribution in [1.29, 1.82) is 0 Å². The molecule has 0 amide bonds. The Labute approximate surface area is 235 Å². The summed E-state index contributed by atoms with van der Waals surface area (Å²) in [5.41, 5.74) is 9.25. The van der Waals surface area contributed by atoms with E-state index in [2.05, 4.69) is 48.8 Å². The first kappa shape index (κ1) is 25.5. The highest BCUT2D eigenvalue weighted by atomic mass is 16.5. The molecule has 4 aliphatic rings. The molecule has 0 radical (unpaired) electrons. The number of hydrogen-bond donors (Lipinski definition) is 1. The van der Waals surface area contributed by atoms with Crippen LogP contribution in [0.15, 0.2) is 42.5 Å². The molecule has 0 spiro atoms. The topological polar surface area (TPSA) is 75.1 Å². The molecule has 3 fully saturated rings. The summed E-state index contributed by atoms with van der Waals surface area (Å²) in [5, 5.41) is 9.71. The molecule has 3 aromatic rings. The van der Waals surface area contributed by atoms with Crippen LogP contribution in [0.1, 0.15) is 39.8 Å². The summed E-state index contributed by atoms with van der Waals surface area (Å²) in [6.07, 6.45) is 1.85. The van der Waals surface area contributed by atoms with Gasteiger partial charge < -0.3 is 19.5 Å². The molecule has 2 saturated heterocycles. The van der Waals surface area contributed by atoms with E-state index in [9.17, 15) is 9.90 Å². The van der Waals surface area contributed by atoms with Crippen molar-refractivity contribution in [3.8, 4) is 17.0 Å². The Kier molecular flexibility index (Phi) is 6.13. The zero-order valence-electron chi connectivity index (χ0n) is 23.6. The Hall–Kier alpha value is -3.42. The molecule has 208 valence electrons. The highest BCUT2D eigenvalue weighted by molar-refractivity contribution is 5.81. The maximum atomic E-state index is 11.8. The number of ether oxygens (including phenoxy) is 2. The minimum atomic E-state index is -0.677. The zero-order valence-corrected chi connectivity index (χ0v) is 23.6. The first-order chi connectivity index (χ1) is 19.3. The summed E-state index contributed by atoms with van der Waals surface area (Å²) < 4.78 is 12.0. The van der Waals surface area contributed by atoms with Gasteiger partial charge in [-0.1, -0.05) is 23.8 Å². The van der Waals surface area contributed by atoms with Crippen molar-refractivity contribution in [2.75, 3.05) is 37.7 Å². The summed E-state index contributed by atoms with van der Waals surface area (Å²) >= 11 is 0. The Balaban J connectivity index is 1.12. The van der Waals surface area contributed by atoms with Gasteiger partial charge in [0.2, 0.25) is 0 Å². The van der Waals surface area contributed by atoms with Crippen LogP contribution in [0.4, 0.5) is 5.82 Å². The second-order valence-corrected chi connectivity index (χ2v) is 12.3. The maximum Gasteiger partial charge on any atom is 0.311 e. The molecule has 2 aromatic carbocycles. The highest BCUT2D eigenvalue weighted by Gasteiger charge is 2.65. The van der Waals surface area contributed by atoms with E-state index in [1.165, 1.54) is 27.8 Å². The van der Waals surface area contributed by atoms with Crippen LogP contribution in [-0.4, -0.2) is 59.8 Å². The third-order valence-corrected chi connectivity index (χ3v) is 9.74. The number of carboxylic acids is 1. The van der Waals surface area contributed by atoms with Gasteiger partial charge in [-0.2, -0.15) is 0 Å². The number of anilines is 1. The number of carboxylic acid groups (broad SMARTS) is 1. The number of rotatable bonds is 7. The molecule has 4 heterocycles. The lowest BCUT2D eigenvalue weighted by Crippen LogP contribution is -2.50. The second-order valence-electron chi connectivity index (χ2n) is 12.3. The van der Waals surface area contributed by atoms with Crippen LogP contribution >= 0.6 is 0 Å². The second kappa shape index (κ2) is 9.60. The monoisotopic (exact) mass is 539 g/mol. The first-order valence-corrected chi connectivity index (χ1v) is 14.4. The minimum Gasteiger partial charge on any atom is -0.488 e. The fourth-order valence-electron chi connectivity index (χ4n) is 6.97. The molecule has 40 heavy (non-hydrogen) atoms. The van der Waals surface area contributed by atoms with Crippen LogP contribution in [0.3, 0.4) is 0 Å². The van der Waals surface area contributed by atoms with E-state index in [-0.39, 0.29) is 5.92 Å². The molecule has 1 saturated carbocycles. The van der Waals surface area contributed by atoms with E-state index in [1.54, 1.807) is 0 Å². The normalized spacial score (nSPS) is 23.9. The zero-order chi connectivity index (χ0) is 27.6. The van der Waals surface area contributed by atoms with Crippen molar-refractivity contribution < 1.29 is 19.4 Å². The number of aryl methyl sites for hydroxylation is 2. The molecular formula is C33H37N3O4. The number of pyridine rings is 1. The summed E-state index contributed by atoms with van der Waals surface area (Å²) in [6, 6.07) is 15.1. The van der Waals surface area contributed by atoms with Crippen LogP contribution in [0.25, 0.3) is 11.3 Å². The molecule has 1 aliphatic carbocycles. The van der Waals surface area contributed by atoms with Gasteiger partial charge in [0.15, 0.2) is 0 Å². The van der Waals surface area contributed by atoms with Crippen molar-refractivity contribution in [2.45, 2.75) is 52.8 Å². The van der Waals surface area contributed by atoms with Gasteiger partial charge in [-0.25, -0.2) is 4.98 Å². The molecule has 0 bridgehead atoms. The summed E-state index contributed by atoms with van der Waals surface area (Å²) in [4.78, 5) is 21.5. The number of hydrogen-bond acceptors (Lipinski definition) is 6. The van der Waals surface area contributed by atoms with Crippen LogP contribution < -0.4 is 9.64 Å². The molecule has 1 N–H and O–H groups in total. The lowest BCUT2D eigenvalue weighted by Gasteiger charge is -2.41. The molecule has 7 heteroatoms. The molecular weight excluding hydrogens is 502 g/mol. The Morgan fingerprint density at radius 3 is 2.75 bits per heavy atom. The van der Waals surface area contributed by atoms with Crippen LogP contribution in [-0.2, 0) is 29.1 Å². The van der Waals surface area contributed by atoms with Crippen molar-refractivity contribution in [3.05, 3.63) is 75.8 Å². The van der Waals surface area contributed by atoms with Crippen LogP contribution in [0, 0.1) is 32.1 Å². The van der Waals surface area contributed by atoms with Gasteiger partial charge in [-0.15, -0.1) is 0 Å². The van der Waals surface area contributed by atoms with E-state index in [4.69, 9.17) is 14.5 Å². The number of nitrogens with zero attached hydrogens (tertiary/aromatic N) is 3. The summed E-state index contributed by atoms with van der Waals surface area (Å²) in [6.45, 7) is 12.1. The number of carbonyl (C=O) groups is 1. The van der Waals surface area contributed by atoms with Crippen molar-refractivity contribution >= 4 is 11.8 Å². The molecule has 7 nitrogen and oxygen atoms in total. The number of benzene rings is 2. The van der Waals surface area contributed by atoms with E-state index in [1.807, 2.05) is 24.3 Å². The van der Waals surface area contributed by atoms with Gasteiger partial charge in [0.05, 0.1) is 30.4 Å². The fraction of sp³-hybridized carbons (Fsp3) is 0.455. The van der Waals surface area contributed by atoms with Gasteiger partial charge in [-0.05, 0) is 91.6 Å². The molecule has 3 aliphatic heterocycles. The SMILES string of the molecule is Cc1ccc(OCc2cc(C)c3c(c2C)CCN(C2COC2)C3)c(-c2cccc(N3C[C@@H]4C[C@]4(C(=O)O)C3)n2)c1. The summed E-state index contributed by atoms with van der Waals surface area (Å²) in [7, 11) is 0. The van der Waals surface area contributed by atoms with Gasteiger partial charge in [-0.3, -0.25) is 9.69 Å². The molecule has 7 rings (SSSR count). The maximum absolute atomic E-state index is 11.8. The lowest BCUT2D eigenvalue weighted by atomic mass is 9.88. The number of piperidine rings is 1. The third-order valence-electron chi connectivity index (χ3n) is 9.74. The van der Waals surface area contributed by atoms with Crippen molar-refractivity contribution in [2.24, 2.45) is 11.3 Å². The minimum absolute atomic E-state index is 0.229. The lowest BCUT2D eigenvalue weighted by molar-refractivity contribution is -0.143. The van der Waals surface area contributed by atoms with E-state index < -0.39 is 11.4 Å². The first-order valence-electron chi connectivity index (χ1n) is 14.4. The van der Waals surface area contributed by atoms with Crippen molar-refractivity contribution in [3.63, 3.8) is 0 Å². The predicted molar refractivity (Wildman–Crippen MR) is 154 cm³/mol.